The molecular formula is C14H13N3O. The molecule has 1 heterocycles. The largest absolute Gasteiger partial charge is 0.456 e. The van der Waals surface area contributed by atoms with Gasteiger partial charge in [-0.1, -0.05) is 6.07 Å². The predicted octanol–water partition coefficient (Wildman–Crippen LogP) is 2.77. The van der Waals surface area contributed by atoms with Crippen LogP contribution < -0.4 is 10.5 Å². The van der Waals surface area contributed by atoms with Gasteiger partial charge in [0.2, 0.25) is 0 Å². The maximum Gasteiger partial charge on any atom is 0.145 e. The van der Waals surface area contributed by atoms with Crippen LogP contribution in [0.4, 0.5) is 0 Å². The van der Waals surface area contributed by atoms with E-state index in [4.69, 9.17) is 15.7 Å². The fourth-order valence-electron chi connectivity index (χ4n) is 1.49. The van der Waals surface area contributed by atoms with Gasteiger partial charge >= 0.3 is 0 Å². The van der Waals surface area contributed by atoms with Gasteiger partial charge in [-0.25, -0.2) is 0 Å². The molecule has 0 amide bonds. The molecular weight excluding hydrogens is 226 g/mol. The number of nitrogens with zero attached hydrogens (tertiary/aromatic N) is 2. The molecule has 4 nitrogen and oxygen atoms in total. The number of hydrogen-bond donors (Lipinski definition) is 1. The molecule has 4 heteroatoms. The van der Waals surface area contributed by atoms with E-state index in [2.05, 4.69) is 11.1 Å². The van der Waals surface area contributed by atoms with E-state index >= 15 is 0 Å². The van der Waals surface area contributed by atoms with Crippen molar-refractivity contribution >= 4 is 0 Å². The van der Waals surface area contributed by atoms with E-state index in [-0.39, 0.29) is 6.04 Å². The van der Waals surface area contributed by atoms with Gasteiger partial charge in [-0.2, -0.15) is 5.26 Å². The third-order valence-electron chi connectivity index (χ3n) is 2.42. The molecule has 2 aromatic rings. The van der Waals surface area contributed by atoms with Gasteiger partial charge in [0.05, 0.1) is 23.5 Å². The Labute approximate surface area is 106 Å². The Balaban J connectivity index is 2.16. The number of rotatable bonds is 3. The Morgan fingerprint density at radius 1 is 1.28 bits per heavy atom. The summed E-state index contributed by atoms with van der Waals surface area (Å²) in [6, 6.07) is 12.6. The van der Waals surface area contributed by atoms with Crippen LogP contribution in [0.3, 0.4) is 0 Å². The summed E-state index contributed by atoms with van der Waals surface area (Å²) in [5.74, 6) is 1.24. The molecule has 2 rings (SSSR count). The predicted molar refractivity (Wildman–Crippen MR) is 68.1 cm³/mol. The molecule has 0 spiro atoms. The summed E-state index contributed by atoms with van der Waals surface area (Å²) in [5.41, 5.74) is 7.09. The first-order valence-corrected chi connectivity index (χ1v) is 5.58. The molecule has 0 aliphatic heterocycles. The number of pyridine rings is 1. The van der Waals surface area contributed by atoms with Crippen molar-refractivity contribution in [2.45, 2.75) is 13.0 Å². The van der Waals surface area contributed by atoms with E-state index in [9.17, 15) is 0 Å². The van der Waals surface area contributed by atoms with Crippen LogP contribution in [0.2, 0.25) is 0 Å². The normalized spacial score (nSPS) is 11.6. The Morgan fingerprint density at radius 3 is 2.72 bits per heavy atom. The molecule has 0 saturated heterocycles. The van der Waals surface area contributed by atoms with E-state index in [1.807, 2.05) is 19.1 Å². The molecule has 90 valence electrons. The minimum atomic E-state index is -0.0963. The highest BCUT2D eigenvalue weighted by molar-refractivity contribution is 5.38. The number of nitriles is 1. The molecule has 18 heavy (non-hydrogen) atoms. The number of ether oxygens (including phenoxy) is 1. The van der Waals surface area contributed by atoms with E-state index in [1.165, 1.54) is 0 Å². The van der Waals surface area contributed by atoms with Crippen molar-refractivity contribution < 1.29 is 4.74 Å². The quantitative estimate of drug-likeness (QED) is 0.893. The number of benzene rings is 1. The summed E-state index contributed by atoms with van der Waals surface area (Å²) in [4.78, 5) is 4.20. The van der Waals surface area contributed by atoms with Gasteiger partial charge in [-0.05, 0) is 37.3 Å². The maximum absolute atomic E-state index is 8.79. The van der Waals surface area contributed by atoms with Crippen LogP contribution in [-0.4, -0.2) is 4.98 Å². The molecule has 2 N–H and O–H groups in total. The molecule has 0 bridgehead atoms. The topological polar surface area (TPSA) is 71.9 Å². The average molecular weight is 239 g/mol. The van der Waals surface area contributed by atoms with Crippen LogP contribution in [0, 0.1) is 11.3 Å². The lowest BCUT2D eigenvalue weighted by atomic mass is 10.2. The first-order valence-electron chi connectivity index (χ1n) is 5.58. The zero-order valence-corrected chi connectivity index (χ0v) is 10.00. The van der Waals surface area contributed by atoms with Crippen LogP contribution in [0.25, 0.3) is 0 Å². The van der Waals surface area contributed by atoms with Gasteiger partial charge in [-0.3, -0.25) is 4.98 Å². The van der Waals surface area contributed by atoms with E-state index in [0.717, 1.165) is 5.69 Å². The summed E-state index contributed by atoms with van der Waals surface area (Å²) in [6.07, 6.45) is 1.62. The molecule has 0 fully saturated rings. The van der Waals surface area contributed by atoms with Crippen molar-refractivity contribution in [3.8, 4) is 17.6 Å². The van der Waals surface area contributed by atoms with Gasteiger partial charge < -0.3 is 10.5 Å². The zero-order valence-electron chi connectivity index (χ0n) is 10.00. The van der Waals surface area contributed by atoms with Crippen molar-refractivity contribution in [2.75, 3.05) is 0 Å². The molecule has 0 saturated carbocycles. The highest BCUT2D eigenvalue weighted by Crippen LogP contribution is 2.22. The fraction of sp³-hybridized carbons (Fsp3) is 0.143. The van der Waals surface area contributed by atoms with E-state index in [0.29, 0.717) is 17.1 Å². The highest BCUT2D eigenvalue weighted by atomic mass is 16.5. The molecule has 1 atom stereocenters. The lowest BCUT2D eigenvalue weighted by Crippen LogP contribution is -2.06. The number of aromatic nitrogens is 1. The van der Waals surface area contributed by atoms with Crippen molar-refractivity contribution in [1.29, 1.82) is 5.26 Å². The lowest BCUT2D eigenvalue weighted by molar-refractivity contribution is 0.479. The van der Waals surface area contributed by atoms with Gasteiger partial charge in [0.15, 0.2) is 0 Å². The Bertz CT molecular complexity index is 570. The van der Waals surface area contributed by atoms with Crippen molar-refractivity contribution in [2.24, 2.45) is 5.73 Å². The van der Waals surface area contributed by atoms with Crippen LogP contribution in [0.15, 0.2) is 42.6 Å². The minimum absolute atomic E-state index is 0.0963. The average Bonchev–Trinajstić information content (AvgIpc) is 2.39. The summed E-state index contributed by atoms with van der Waals surface area (Å²) < 4.78 is 5.60. The number of nitrogens with two attached hydrogens (primary N) is 1. The Morgan fingerprint density at radius 2 is 2.11 bits per heavy atom. The molecule has 1 unspecified atom stereocenters. The van der Waals surface area contributed by atoms with Crippen molar-refractivity contribution in [3.05, 3.63) is 53.9 Å². The minimum Gasteiger partial charge on any atom is -0.456 e. The molecule has 0 aliphatic carbocycles. The van der Waals surface area contributed by atoms with Crippen molar-refractivity contribution in [3.63, 3.8) is 0 Å². The summed E-state index contributed by atoms with van der Waals surface area (Å²) in [6.45, 7) is 1.87. The van der Waals surface area contributed by atoms with Gasteiger partial charge in [0, 0.05) is 6.04 Å². The van der Waals surface area contributed by atoms with Crippen LogP contribution in [0.5, 0.6) is 11.5 Å². The zero-order chi connectivity index (χ0) is 13.0. The smallest absolute Gasteiger partial charge is 0.145 e. The SMILES string of the molecule is CC(N)c1ccc(Oc2cccc(C#N)c2)cn1. The summed E-state index contributed by atoms with van der Waals surface area (Å²) in [5, 5.41) is 8.79. The molecule has 1 aromatic carbocycles. The standard InChI is InChI=1S/C14H13N3O/c1-10(16)14-6-5-13(9-17-14)18-12-4-2-3-11(7-12)8-15/h2-7,9-10H,16H2,1H3. The Hall–Kier alpha value is -2.38. The van der Waals surface area contributed by atoms with Gasteiger partial charge in [0.25, 0.3) is 0 Å². The van der Waals surface area contributed by atoms with E-state index in [1.54, 1.807) is 30.5 Å². The fourth-order valence-corrected chi connectivity index (χ4v) is 1.49. The van der Waals surface area contributed by atoms with Crippen LogP contribution >= 0.6 is 0 Å². The molecule has 1 aromatic heterocycles. The first kappa shape index (κ1) is 12.1. The van der Waals surface area contributed by atoms with Gasteiger partial charge in [0.1, 0.15) is 11.5 Å². The lowest BCUT2D eigenvalue weighted by Gasteiger charge is -2.07. The third kappa shape index (κ3) is 2.84. The number of hydrogen-bond acceptors (Lipinski definition) is 4. The second-order valence-electron chi connectivity index (χ2n) is 3.95. The van der Waals surface area contributed by atoms with Crippen LogP contribution in [-0.2, 0) is 0 Å². The van der Waals surface area contributed by atoms with Gasteiger partial charge in [-0.15, -0.1) is 0 Å². The Kier molecular flexibility index (Phi) is 3.56. The van der Waals surface area contributed by atoms with Crippen molar-refractivity contribution in [1.82, 2.24) is 4.98 Å². The molecule has 0 aliphatic rings. The summed E-state index contributed by atoms with van der Waals surface area (Å²) >= 11 is 0. The summed E-state index contributed by atoms with van der Waals surface area (Å²) in [7, 11) is 0. The monoisotopic (exact) mass is 239 g/mol. The first-order chi connectivity index (χ1) is 8.69. The molecule has 0 radical (unpaired) electrons. The maximum atomic E-state index is 8.79. The third-order valence-corrected chi connectivity index (χ3v) is 2.42. The second kappa shape index (κ2) is 5.30. The van der Waals surface area contributed by atoms with Crippen LogP contribution in [0.1, 0.15) is 24.2 Å². The second-order valence-corrected chi connectivity index (χ2v) is 3.95. The highest BCUT2D eigenvalue weighted by Gasteiger charge is 2.02. The van der Waals surface area contributed by atoms with E-state index < -0.39 is 0 Å².